The fourth-order valence-electron chi connectivity index (χ4n) is 2.80. The number of ether oxygens (including phenoxy) is 1. The highest BCUT2D eigenvalue weighted by atomic mass is 16.6. The van der Waals surface area contributed by atoms with Crippen LogP contribution in [-0.2, 0) is 9.53 Å². The molecule has 2 nitrogen and oxygen atoms in total. The number of cyclic esters (lactones) is 1. The van der Waals surface area contributed by atoms with Crippen LogP contribution in [0.2, 0.25) is 0 Å². The molecule has 80 valence electrons. The van der Waals surface area contributed by atoms with Crippen LogP contribution < -0.4 is 0 Å². The Bertz CT molecular complexity index is 206. The Morgan fingerprint density at radius 1 is 1.29 bits per heavy atom. The minimum Gasteiger partial charge on any atom is -0.462 e. The number of carbonyl (C=O) groups excluding carboxylic acids is 1. The van der Waals surface area contributed by atoms with E-state index in [2.05, 4.69) is 6.92 Å². The van der Waals surface area contributed by atoms with Crippen molar-refractivity contribution < 1.29 is 9.53 Å². The van der Waals surface area contributed by atoms with Crippen LogP contribution in [0.25, 0.3) is 0 Å². The van der Waals surface area contributed by atoms with Crippen LogP contribution in [-0.4, -0.2) is 12.1 Å². The molecule has 2 atom stereocenters. The Balaban J connectivity index is 1.90. The van der Waals surface area contributed by atoms with Crippen LogP contribution >= 0.6 is 0 Å². The highest BCUT2D eigenvalue weighted by molar-refractivity contribution is 5.74. The van der Waals surface area contributed by atoms with E-state index in [1.807, 2.05) is 0 Å². The molecule has 1 aliphatic carbocycles. The molecule has 2 fully saturated rings. The van der Waals surface area contributed by atoms with Crippen molar-refractivity contribution in [1.29, 1.82) is 0 Å². The van der Waals surface area contributed by atoms with Gasteiger partial charge >= 0.3 is 5.97 Å². The summed E-state index contributed by atoms with van der Waals surface area (Å²) in [5.74, 6) is 0.925. The molecule has 2 heteroatoms. The van der Waals surface area contributed by atoms with E-state index in [-0.39, 0.29) is 18.0 Å². The summed E-state index contributed by atoms with van der Waals surface area (Å²) in [6, 6.07) is 0. The summed E-state index contributed by atoms with van der Waals surface area (Å²) in [5, 5.41) is 0. The second-order valence-corrected chi connectivity index (χ2v) is 4.71. The molecule has 0 bridgehead atoms. The molecule has 14 heavy (non-hydrogen) atoms. The molecular formula is C12H20O2. The predicted molar refractivity (Wildman–Crippen MR) is 54.9 cm³/mol. The van der Waals surface area contributed by atoms with Crippen LogP contribution in [0.4, 0.5) is 0 Å². The summed E-state index contributed by atoms with van der Waals surface area (Å²) in [5.41, 5.74) is 0. The molecule has 0 aromatic carbocycles. The lowest BCUT2D eigenvalue weighted by atomic mass is 9.83. The molecule has 1 saturated carbocycles. The molecule has 0 aromatic rings. The van der Waals surface area contributed by atoms with Crippen molar-refractivity contribution in [1.82, 2.24) is 0 Å². The van der Waals surface area contributed by atoms with Gasteiger partial charge in [-0.1, -0.05) is 26.2 Å². The third-order valence-corrected chi connectivity index (χ3v) is 3.79. The van der Waals surface area contributed by atoms with Crippen molar-refractivity contribution in [3.63, 3.8) is 0 Å². The summed E-state index contributed by atoms with van der Waals surface area (Å²) in [7, 11) is 0. The van der Waals surface area contributed by atoms with E-state index >= 15 is 0 Å². The van der Waals surface area contributed by atoms with Gasteiger partial charge in [-0.05, 0) is 31.6 Å². The number of hydrogen-bond donors (Lipinski definition) is 0. The van der Waals surface area contributed by atoms with Gasteiger partial charge in [-0.3, -0.25) is 4.79 Å². The highest BCUT2D eigenvalue weighted by Gasteiger charge is 2.37. The standard InChI is InChI=1S/C12H20O2/c1-2-9-8-11(14-12(9)13)10-6-4-3-5-7-10/h9-11H,2-8H2,1H3/t9-,11+/m0/s1. The second-order valence-electron chi connectivity index (χ2n) is 4.71. The maximum absolute atomic E-state index is 11.4. The van der Waals surface area contributed by atoms with Crippen molar-refractivity contribution in [2.75, 3.05) is 0 Å². The fraction of sp³-hybridized carbons (Fsp3) is 0.917. The zero-order chi connectivity index (χ0) is 9.97. The molecule has 0 N–H and O–H groups in total. The molecule has 2 rings (SSSR count). The highest BCUT2D eigenvalue weighted by Crippen LogP contribution is 2.35. The van der Waals surface area contributed by atoms with Gasteiger partial charge in [-0.25, -0.2) is 0 Å². The first-order valence-electron chi connectivity index (χ1n) is 6.01. The van der Waals surface area contributed by atoms with Crippen molar-refractivity contribution in [3.05, 3.63) is 0 Å². The van der Waals surface area contributed by atoms with E-state index in [9.17, 15) is 4.79 Å². The van der Waals surface area contributed by atoms with Gasteiger partial charge in [-0.15, -0.1) is 0 Å². The van der Waals surface area contributed by atoms with Crippen molar-refractivity contribution in [3.8, 4) is 0 Å². The van der Waals surface area contributed by atoms with Gasteiger partial charge < -0.3 is 4.74 Å². The Hall–Kier alpha value is -0.530. The van der Waals surface area contributed by atoms with Crippen molar-refractivity contribution in [2.45, 2.75) is 58.0 Å². The first-order valence-corrected chi connectivity index (χ1v) is 6.01. The predicted octanol–water partition coefficient (Wildman–Crippen LogP) is 2.91. The third-order valence-electron chi connectivity index (χ3n) is 3.79. The first kappa shape index (κ1) is 10.0. The van der Waals surface area contributed by atoms with Crippen LogP contribution in [0, 0.1) is 11.8 Å². The summed E-state index contributed by atoms with van der Waals surface area (Å²) < 4.78 is 5.47. The monoisotopic (exact) mass is 196 g/mol. The Labute approximate surface area is 86.0 Å². The SMILES string of the molecule is CC[C@H]1C[C@H](C2CCCCC2)OC1=O. The van der Waals surface area contributed by atoms with Crippen LogP contribution in [0.5, 0.6) is 0 Å². The number of carbonyl (C=O) groups is 1. The van der Waals surface area contributed by atoms with Crippen molar-refractivity contribution >= 4 is 5.97 Å². The van der Waals surface area contributed by atoms with Gasteiger partial charge in [0.25, 0.3) is 0 Å². The maximum Gasteiger partial charge on any atom is 0.309 e. The average molecular weight is 196 g/mol. The van der Waals surface area contributed by atoms with Crippen LogP contribution in [0.1, 0.15) is 51.9 Å². The molecule has 0 amide bonds. The lowest BCUT2D eigenvalue weighted by molar-refractivity contribution is -0.146. The van der Waals surface area contributed by atoms with E-state index in [0.717, 1.165) is 12.8 Å². The maximum atomic E-state index is 11.4. The smallest absolute Gasteiger partial charge is 0.309 e. The lowest BCUT2D eigenvalue weighted by Crippen LogP contribution is -2.22. The Morgan fingerprint density at radius 3 is 2.57 bits per heavy atom. The summed E-state index contributed by atoms with van der Waals surface area (Å²) >= 11 is 0. The normalized spacial score (nSPS) is 34.5. The minimum atomic E-state index is 0.0584. The fourth-order valence-corrected chi connectivity index (χ4v) is 2.80. The van der Waals surface area contributed by atoms with E-state index in [1.165, 1.54) is 32.1 Å². The number of rotatable bonds is 2. The molecule has 1 heterocycles. The molecule has 0 unspecified atom stereocenters. The summed E-state index contributed by atoms with van der Waals surface area (Å²) in [6.07, 6.45) is 8.76. The zero-order valence-electron chi connectivity index (χ0n) is 9.00. The number of esters is 1. The minimum absolute atomic E-state index is 0.0584. The van der Waals surface area contributed by atoms with Gasteiger partial charge in [0.2, 0.25) is 0 Å². The van der Waals surface area contributed by atoms with E-state index in [0.29, 0.717) is 5.92 Å². The molecular weight excluding hydrogens is 176 g/mol. The van der Waals surface area contributed by atoms with Gasteiger partial charge in [-0.2, -0.15) is 0 Å². The van der Waals surface area contributed by atoms with Gasteiger partial charge in [0.1, 0.15) is 6.10 Å². The molecule has 0 aromatic heterocycles. The molecule has 2 aliphatic rings. The van der Waals surface area contributed by atoms with Crippen molar-refractivity contribution in [2.24, 2.45) is 11.8 Å². The number of hydrogen-bond acceptors (Lipinski definition) is 2. The quantitative estimate of drug-likeness (QED) is 0.635. The Morgan fingerprint density at radius 2 is 2.00 bits per heavy atom. The van der Waals surface area contributed by atoms with Crippen LogP contribution in [0.15, 0.2) is 0 Å². The van der Waals surface area contributed by atoms with E-state index in [4.69, 9.17) is 4.74 Å². The third kappa shape index (κ3) is 1.94. The Kier molecular flexibility index (Phi) is 3.09. The molecule has 1 aliphatic heterocycles. The lowest BCUT2D eigenvalue weighted by Gasteiger charge is -2.25. The first-order chi connectivity index (χ1) is 6.81. The molecule has 1 saturated heterocycles. The molecule has 0 spiro atoms. The van der Waals surface area contributed by atoms with E-state index < -0.39 is 0 Å². The summed E-state index contributed by atoms with van der Waals surface area (Å²) in [4.78, 5) is 11.4. The zero-order valence-corrected chi connectivity index (χ0v) is 9.00. The van der Waals surface area contributed by atoms with Crippen LogP contribution in [0.3, 0.4) is 0 Å². The van der Waals surface area contributed by atoms with Gasteiger partial charge in [0, 0.05) is 0 Å². The van der Waals surface area contributed by atoms with Gasteiger partial charge in [0.15, 0.2) is 0 Å². The topological polar surface area (TPSA) is 26.3 Å². The summed E-state index contributed by atoms with van der Waals surface area (Å²) in [6.45, 7) is 2.08. The van der Waals surface area contributed by atoms with Gasteiger partial charge in [0.05, 0.1) is 5.92 Å². The van der Waals surface area contributed by atoms with E-state index in [1.54, 1.807) is 0 Å². The molecule has 0 radical (unpaired) electrons. The second kappa shape index (κ2) is 4.33. The average Bonchev–Trinajstić information content (AvgIpc) is 2.61. The largest absolute Gasteiger partial charge is 0.462 e.